The van der Waals surface area contributed by atoms with Crippen molar-refractivity contribution in [2.45, 2.75) is 6.43 Å². The van der Waals surface area contributed by atoms with Crippen LogP contribution in [0.1, 0.15) is 28.0 Å². The number of aromatic nitrogens is 1. The van der Waals surface area contributed by atoms with Gasteiger partial charge in [0.05, 0.1) is 5.56 Å². The predicted molar refractivity (Wildman–Crippen MR) is 39.3 cm³/mol. The minimum absolute atomic E-state index is 0.110. The van der Waals surface area contributed by atoms with E-state index in [0.717, 1.165) is 0 Å². The van der Waals surface area contributed by atoms with Gasteiger partial charge in [-0.1, -0.05) is 0 Å². The van der Waals surface area contributed by atoms with E-state index < -0.39 is 29.1 Å². The van der Waals surface area contributed by atoms with Crippen molar-refractivity contribution in [1.29, 1.82) is 5.26 Å². The van der Waals surface area contributed by atoms with Gasteiger partial charge in [-0.05, 0) is 0 Å². The Labute approximate surface area is 76.8 Å². The number of halogens is 3. The van der Waals surface area contributed by atoms with Crippen LogP contribution in [-0.4, -0.2) is 11.3 Å². The van der Waals surface area contributed by atoms with Gasteiger partial charge in [0.25, 0.3) is 6.43 Å². The largest absolute Gasteiger partial charge is 0.298 e. The Morgan fingerprint density at radius 3 is 2.64 bits per heavy atom. The smallest absolute Gasteiger partial charge is 0.281 e. The van der Waals surface area contributed by atoms with Crippen molar-refractivity contribution in [3.8, 4) is 6.07 Å². The highest BCUT2D eigenvalue weighted by Gasteiger charge is 2.20. The maximum absolute atomic E-state index is 13.1. The van der Waals surface area contributed by atoms with E-state index in [2.05, 4.69) is 4.98 Å². The molecular formula is C8H3F3N2O. The number of nitriles is 1. The number of alkyl halides is 2. The van der Waals surface area contributed by atoms with Gasteiger partial charge in [0.1, 0.15) is 17.3 Å². The summed E-state index contributed by atoms with van der Waals surface area (Å²) in [5, 5.41) is 8.39. The summed E-state index contributed by atoms with van der Waals surface area (Å²) in [6, 6.07) is 1.24. The highest BCUT2D eigenvalue weighted by Crippen LogP contribution is 2.23. The third-order valence-corrected chi connectivity index (χ3v) is 1.52. The van der Waals surface area contributed by atoms with Gasteiger partial charge in [-0.2, -0.15) is 5.26 Å². The predicted octanol–water partition coefficient (Wildman–Crippen LogP) is 1.84. The van der Waals surface area contributed by atoms with E-state index in [1.807, 2.05) is 0 Å². The first kappa shape index (κ1) is 10.2. The van der Waals surface area contributed by atoms with E-state index in [9.17, 15) is 18.0 Å². The summed E-state index contributed by atoms with van der Waals surface area (Å²) >= 11 is 0. The first-order valence-corrected chi connectivity index (χ1v) is 3.43. The van der Waals surface area contributed by atoms with Gasteiger partial charge < -0.3 is 0 Å². The Morgan fingerprint density at radius 1 is 1.57 bits per heavy atom. The molecule has 0 unspecified atom stereocenters. The molecule has 0 aliphatic rings. The zero-order valence-electron chi connectivity index (χ0n) is 6.67. The minimum Gasteiger partial charge on any atom is -0.298 e. The number of aldehydes is 1. The molecule has 0 radical (unpaired) electrons. The number of hydrogen-bond acceptors (Lipinski definition) is 3. The van der Waals surface area contributed by atoms with Crippen LogP contribution >= 0.6 is 0 Å². The summed E-state index contributed by atoms with van der Waals surface area (Å²) in [5.74, 6) is -1.26. The summed E-state index contributed by atoms with van der Waals surface area (Å²) in [7, 11) is 0. The molecule has 6 heteroatoms. The first-order chi connectivity index (χ1) is 6.61. The lowest BCUT2D eigenvalue weighted by Crippen LogP contribution is -2.02. The summed E-state index contributed by atoms with van der Waals surface area (Å²) in [4.78, 5) is 13.3. The molecule has 3 nitrogen and oxygen atoms in total. The van der Waals surface area contributed by atoms with Crippen LogP contribution in [0.25, 0.3) is 0 Å². The molecule has 0 fully saturated rings. The van der Waals surface area contributed by atoms with Crippen LogP contribution in [0.4, 0.5) is 13.2 Å². The van der Waals surface area contributed by atoms with Gasteiger partial charge in [-0.25, -0.2) is 13.2 Å². The summed E-state index contributed by atoms with van der Waals surface area (Å²) < 4.78 is 37.4. The Morgan fingerprint density at radius 2 is 2.21 bits per heavy atom. The van der Waals surface area contributed by atoms with Gasteiger partial charge in [-0.15, -0.1) is 0 Å². The van der Waals surface area contributed by atoms with E-state index in [1.54, 1.807) is 0 Å². The number of nitrogens with zero attached hydrogens (tertiary/aromatic N) is 2. The second kappa shape index (κ2) is 3.87. The molecule has 72 valence electrons. The van der Waals surface area contributed by atoms with Crippen LogP contribution in [0.5, 0.6) is 0 Å². The number of pyridine rings is 1. The molecule has 1 rings (SSSR count). The van der Waals surface area contributed by atoms with Gasteiger partial charge in [-0.3, -0.25) is 9.78 Å². The van der Waals surface area contributed by atoms with Crippen LogP contribution in [-0.2, 0) is 0 Å². The fourth-order valence-corrected chi connectivity index (χ4v) is 0.871. The molecule has 0 aromatic carbocycles. The quantitative estimate of drug-likeness (QED) is 0.684. The van der Waals surface area contributed by atoms with Crippen LogP contribution in [0.3, 0.4) is 0 Å². The molecule has 0 aliphatic heterocycles. The number of carbonyl (C=O) groups excluding carboxylic acids is 1. The highest BCUT2D eigenvalue weighted by atomic mass is 19.3. The molecule has 1 heterocycles. The third kappa shape index (κ3) is 1.57. The van der Waals surface area contributed by atoms with Crippen molar-refractivity contribution in [2.75, 3.05) is 0 Å². The number of rotatable bonds is 2. The molecule has 0 N–H and O–H groups in total. The van der Waals surface area contributed by atoms with Crippen LogP contribution in [0.2, 0.25) is 0 Å². The highest BCUT2D eigenvalue weighted by molar-refractivity contribution is 5.75. The monoisotopic (exact) mass is 200 g/mol. The van der Waals surface area contributed by atoms with E-state index in [-0.39, 0.29) is 6.29 Å². The van der Waals surface area contributed by atoms with Crippen molar-refractivity contribution in [3.05, 3.63) is 28.8 Å². The Kier molecular flexibility index (Phi) is 2.82. The molecule has 1 aromatic rings. The standard InChI is InChI=1S/C8H3F3N2O/c9-6-4(3-14)2-13-7(8(10)11)5(6)1-12/h2-3,8H. The molecule has 14 heavy (non-hydrogen) atoms. The fourth-order valence-electron chi connectivity index (χ4n) is 0.871. The summed E-state index contributed by atoms with van der Waals surface area (Å²) in [6.07, 6.45) is -2.26. The van der Waals surface area contributed by atoms with Gasteiger partial charge in [0, 0.05) is 6.20 Å². The lowest BCUT2D eigenvalue weighted by atomic mass is 10.1. The second-order valence-electron chi connectivity index (χ2n) is 2.32. The first-order valence-electron chi connectivity index (χ1n) is 3.43. The molecular weight excluding hydrogens is 197 g/mol. The Balaban J connectivity index is 3.45. The lowest BCUT2D eigenvalue weighted by molar-refractivity contribution is 0.111. The average Bonchev–Trinajstić information content (AvgIpc) is 2.17. The normalized spacial score (nSPS) is 9.93. The van der Waals surface area contributed by atoms with Crippen LogP contribution in [0, 0.1) is 17.1 Å². The molecule has 0 saturated heterocycles. The van der Waals surface area contributed by atoms with Gasteiger partial charge in [0.15, 0.2) is 12.1 Å². The Hall–Kier alpha value is -1.90. The van der Waals surface area contributed by atoms with Crippen molar-refractivity contribution in [2.24, 2.45) is 0 Å². The van der Waals surface area contributed by atoms with Crippen molar-refractivity contribution in [1.82, 2.24) is 4.98 Å². The topological polar surface area (TPSA) is 53.8 Å². The zero-order valence-corrected chi connectivity index (χ0v) is 6.67. The minimum atomic E-state index is -3.04. The maximum atomic E-state index is 13.1. The molecule has 0 saturated carbocycles. The van der Waals surface area contributed by atoms with Gasteiger partial charge in [0.2, 0.25) is 0 Å². The van der Waals surface area contributed by atoms with Crippen LogP contribution in [0.15, 0.2) is 6.20 Å². The van der Waals surface area contributed by atoms with Crippen LogP contribution < -0.4 is 0 Å². The summed E-state index contributed by atoms with van der Waals surface area (Å²) in [5.41, 5.74) is -2.34. The van der Waals surface area contributed by atoms with E-state index in [0.29, 0.717) is 6.20 Å². The van der Waals surface area contributed by atoms with E-state index in [4.69, 9.17) is 5.26 Å². The molecule has 0 bridgehead atoms. The third-order valence-electron chi connectivity index (χ3n) is 1.52. The van der Waals surface area contributed by atoms with E-state index >= 15 is 0 Å². The number of hydrogen-bond donors (Lipinski definition) is 0. The molecule has 0 amide bonds. The van der Waals surface area contributed by atoms with Crippen molar-refractivity contribution < 1.29 is 18.0 Å². The Bertz CT molecular complexity index is 412. The molecule has 0 spiro atoms. The molecule has 0 aliphatic carbocycles. The van der Waals surface area contributed by atoms with Gasteiger partial charge >= 0.3 is 0 Å². The van der Waals surface area contributed by atoms with Crippen molar-refractivity contribution in [3.63, 3.8) is 0 Å². The van der Waals surface area contributed by atoms with E-state index in [1.165, 1.54) is 6.07 Å². The number of carbonyl (C=O) groups is 1. The SMILES string of the molecule is N#Cc1c(C(F)F)ncc(C=O)c1F. The fraction of sp³-hybridized carbons (Fsp3) is 0.125. The molecule has 0 atom stereocenters. The summed E-state index contributed by atoms with van der Waals surface area (Å²) in [6.45, 7) is 0. The molecule has 1 aromatic heterocycles. The second-order valence-corrected chi connectivity index (χ2v) is 2.32. The maximum Gasteiger partial charge on any atom is 0.281 e. The average molecular weight is 200 g/mol. The van der Waals surface area contributed by atoms with Crippen molar-refractivity contribution >= 4 is 6.29 Å². The zero-order chi connectivity index (χ0) is 10.7. The lowest BCUT2D eigenvalue weighted by Gasteiger charge is -2.03.